The molecule has 0 saturated heterocycles. The second kappa shape index (κ2) is 9.05. The third kappa shape index (κ3) is 4.63. The van der Waals surface area contributed by atoms with Gasteiger partial charge < -0.3 is 10.1 Å². The Bertz CT molecular complexity index is 1160. The molecule has 32 heavy (non-hydrogen) atoms. The number of aryl methyl sites for hydroxylation is 1. The quantitative estimate of drug-likeness (QED) is 0.522. The smallest absolute Gasteiger partial charge is 0.231 e. The summed E-state index contributed by atoms with van der Waals surface area (Å²) in [4.78, 5) is 12.6. The van der Waals surface area contributed by atoms with Crippen LogP contribution in [-0.4, -0.2) is 39.1 Å². The number of hydrogen-bond donors (Lipinski definition) is 1. The van der Waals surface area contributed by atoms with Crippen LogP contribution in [0, 0.1) is 24.2 Å². The first kappa shape index (κ1) is 21.9. The number of carbonyl (C=O) groups excluding carboxylic acids is 1. The summed E-state index contributed by atoms with van der Waals surface area (Å²) < 4.78 is 7.22. The molecule has 1 unspecified atom stereocenters. The lowest BCUT2D eigenvalue weighted by molar-refractivity contribution is -0.119. The number of rotatable bonds is 8. The van der Waals surface area contributed by atoms with Gasteiger partial charge in [0.25, 0.3) is 0 Å². The van der Waals surface area contributed by atoms with Crippen molar-refractivity contribution >= 4 is 17.7 Å². The van der Waals surface area contributed by atoms with Gasteiger partial charge in [-0.05, 0) is 62.9 Å². The molecule has 1 heterocycles. The molecule has 1 aliphatic rings. The van der Waals surface area contributed by atoms with Gasteiger partial charge >= 0.3 is 0 Å². The number of thioether (sulfide) groups is 1. The van der Waals surface area contributed by atoms with E-state index in [2.05, 4.69) is 27.6 Å². The summed E-state index contributed by atoms with van der Waals surface area (Å²) in [5.41, 5.74) is 2.12. The zero-order valence-electron chi connectivity index (χ0n) is 18.3. The lowest BCUT2D eigenvalue weighted by Crippen LogP contribution is -2.47. The fraction of sp³-hybridized carbons (Fsp3) is 0.333. The van der Waals surface area contributed by atoms with Crippen LogP contribution in [0.1, 0.15) is 25.3 Å². The SMILES string of the molecule is COc1ccc(-n2c(SCC(=O)NC(C)(C#N)C3CC3)nnc2-c2cccc(C)c2)cc1. The summed E-state index contributed by atoms with van der Waals surface area (Å²) in [7, 11) is 1.63. The van der Waals surface area contributed by atoms with E-state index in [0.29, 0.717) is 11.0 Å². The second-order valence-electron chi connectivity index (χ2n) is 8.13. The monoisotopic (exact) mass is 447 g/mol. The van der Waals surface area contributed by atoms with Crippen LogP contribution in [-0.2, 0) is 4.79 Å². The minimum atomic E-state index is -0.811. The maximum atomic E-state index is 12.6. The molecule has 2 aromatic carbocycles. The first-order valence-electron chi connectivity index (χ1n) is 10.5. The standard InChI is InChI=1S/C24H25N5O2S/c1-16-5-4-6-17(13-16)22-27-28-23(29(22)19-9-11-20(31-3)12-10-19)32-14-21(30)26-24(2,15-25)18-7-8-18/h4-6,9-13,18H,7-8,14H2,1-3H3,(H,26,30). The largest absolute Gasteiger partial charge is 0.497 e. The van der Waals surface area contributed by atoms with Gasteiger partial charge in [0, 0.05) is 11.3 Å². The van der Waals surface area contributed by atoms with Gasteiger partial charge in [0.2, 0.25) is 5.91 Å². The average molecular weight is 448 g/mol. The molecular formula is C24H25N5O2S. The van der Waals surface area contributed by atoms with Gasteiger partial charge in [-0.15, -0.1) is 10.2 Å². The summed E-state index contributed by atoms with van der Waals surface area (Å²) in [6.07, 6.45) is 1.95. The maximum Gasteiger partial charge on any atom is 0.231 e. The lowest BCUT2D eigenvalue weighted by Gasteiger charge is -2.22. The Balaban J connectivity index is 1.61. The predicted molar refractivity (Wildman–Crippen MR) is 124 cm³/mol. The summed E-state index contributed by atoms with van der Waals surface area (Å²) >= 11 is 1.30. The number of hydrogen-bond acceptors (Lipinski definition) is 6. The van der Waals surface area contributed by atoms with E-state index in [1.54, 1.807) is 14.0 Å². The first-order valence-corrected chi connectivity index (χ1v) is 11.4. The number of ether oxygens (including phenoxy) is 1. The Morgan fingerprint density at radius 2 is 2.03 bits per heavy atom. The van der Waals surface area contributed by atoms with Crippen LogP contribution < -0.4 is 10.1 Å². The zero-order chi connectivity index (χ0) is 22.7. The highest BCUT2D eigenvalue weighted by molar-refractivity contribution is 7.99. The third-order valence-electron chi connectivity index (χ3n) is 5.60. The molecule has 1 atom stereocenters. The number of nitrogens with zero attached hydrogens (tertiary/aromatic N) is 4. The molecule has 1 aliphatic carbocycles. The first-order chi connectivity index (χ1) is 15.4. The van der Waals surface area contributed by atoms with Gasteiger partial charge in [0.1, 0.15) is 11.3 Å². The van der Waals surface area contributed by atoms with Crippen LogP contribution in [0.15, 0.2) is 53.7 Å². The van der Waals surface area contributed by atoms with Crippen molar-refractivity contribution in [1.29, 1.82) is 5.26 Å². The average Bonchev–Trinajstić information content (AvgIpc) is 3.58. The minimum Gasteiger partial charge on any atom is -0.497 e. The molecule has 0 bridgehead atoms. The minimum absolute atomic E-state index is 0.145. The summed E-state index contributed by atoms with van der Waals surface area (Å²) in [6.45, 7) is 3.83. The van der Waals surface area contributed by atoms with Crippen LogP contribution in [0.5, 0.6) is 5.75 Å². The number of aromatic nitrogens is 3. The van der Waals surface area contributed by atoms with E-state index in [1.165, 1.54) is 11.8 Å². The van der Waals surface area contributed by atoms with Crippen LogP contribution in [0.4, 0.5) is 0 Å². The van der Waals surface area contributed by atoms with E-state index in [-0.39, 0.29) is 17.6 Å². The number of methoxy groups -OCH3 is 1. The Morgan fingerprint density at radius 3 is 2.66 bits per heavy atom. The van der Waals surface area contributed by atoms with Crippen LogP contribution in [0.25, 0.3) is 17.1 Å². The fourth-order valence-electron chi connectivity index (χ4n) is 3.64. The summed E-state index contributed by atoms with van der Waals surface area (Å²) in [5, 5.41) is 21.8. The fourth-order valence-corrected chi connectivity index (χ4v) is 4.39. The molecule has 0 radical (unpaired) electrons. The van der Waals surface area contributed by atoms with E-state index in [1.807, 2.05) is 54.0 Å². The van der Waals surface area contributed by atoms with Crippen LogP contribution >= 0.6 is 11.8 Å². The molecule has 8 heteroatoms. The molecule has 1 N–H and O–H groups in total. The van der Waals surface area contributed by atoms with Crippen LogP contribution in [0.2, 0.25) is 0 Å². The van der Waals surface area contributed by atoms with Gasteiger partial charge in [-0.1, -0.05) is 35.5 Å². The van der Waals surface area contributed by atoms with E-state index in [9.17, 15) is 10.1 Å². The maximum absolute atomic E-state index is 12.6. The van der Waals surface area contributed by atoms with Crippen molar-refractivity contribution in [2.45, 2.75) is 37.4 Å². The van der Waals surface area contributed by atoms with Crippen molar-refractivity contribution < 1.29 is 9.53 Å². The molecule has 1 amide bonds. The Kier molecular flexibility index (Phi) is 6.19. The Labute approximate surface area is 191 Å². The highest BCUT2D eigenvalue weighted by Gasteiger charge is 2.43. The second-order valence-corrected chi connectivity index (χ2v) is 9.08. The molecule has 7 nitrogen and oxygen atoms in total. The van der Waals surface area contributed by atoms with Gasteiger partial charge in [0.15, 0.2) is 11.0 Å². The number of amides is 1. The highest BCUT2D eigenvalue weighted by Crippen LogP contribution is 2.39. The van der Waals surface area contributed by atoms with Crippen LogP contribution in [0.3, 0.4) is 0 Å². The van der Waals surface area contributed by atoms with Crippen molar-refractivity contribution in [2.75, 3.05) is 12.9 Å². The normalized spacial score (nSPS) is 14.9. The van der Waals surface area contributed by atoms with Crippen molar-refractivity contribution in [2.24, 2.45) is 5.92 Å². The van der Waals surface area contributed by atoms with E-state index >= 15 is 0 Å². The summed E-state index contributed by atoms with van der Waals surface area (Å²) in [5.74, 6) is 1.64. The molecule has 0 aliphatic heterocycles. The highest BCUT2D eigenvalue weighted by atomic mass is 32.2. The Hall–Kier alpha value is -3.31. The molecule has 164 valence electrons. The van der Waals surface area contributed by atoms with E-state index in [4.69, 9.17) is 4.74 Å². The molecule has 0 spiro atoms. The molecule has 1 saturated carbocycles. The van der Waals surface area contributed by atoms with Gasteiger partial charge in [-0.25, -0.2) is 0 Å². The van der Waals surface area contributed by atoms with Gasteiger partial charge in [0.05, 0.1) is 18.9 Å². The summed E-state index contributed by atoms with van der Waals surface area (Å²) in [6, 6.07) is 18.0. The van der Waals surface area contributed by atoms with Crippen molar-refractivity contribution in [3.63, 3.8) is 0 Å². The number of nitrogens with one attached hydrogen (secondary N) is 1. The number of nitriles is 1. The Morgan fingerprint density at radius 1 is 1.28 bits per heavy atom. The lowest BCUT2D eigenvalue weighted by atomic mass is 9.98. The molecule has 3 aromatic rings. The molecule has 1 aromatic heterocycles. The zero-order valence-corrected chi connectivity index (χ0v) is 19.1. The number of benzene rings is 2. The predicted octanol–water partition coefficient (Wildman–Crippen LogP) is 4.15. The molecule has 1 fully saturated rings. The third-order valence-corrected chi connectivity index (χ3v) is 6.53. The van der Waals surface area contributed by atoms with Crippen molar-refractivity contribution in [3.05, 3.63) is 54.1 Å². The van der Waals surface area contributed by atoms with Gasteiger partial charge in [-0.2, -0.15) is 5.26 Å². The number of carbonyl (C=O) groups is 1. The van der Waals surface area contributed by atoms with E-state index < -0.39 is 5.54 Å². The van der Waals surface area contributed by atoms with Crippen molar-refractivity contribution in [1.82, 2.24) is 20.1 Å². The van der Waals surface area contributed by atoms with Crippen molar-refractivity contribution in [3.8, 4) is 28.9 Å². The van der Waals surface area contributed by atoms with Gasteiger partial charge in [-0.3, -0.25) is 9.36 Å². The molecular weight excluding hydrogens is 422 g/mol. The molecule has 4 rings (SSSR count). The van der Waals surface area contributed by atoms with E-state index in [0.717, 1.165) is 35.4 Å². The topological polar surface area (TPSA) is 92.8 Å².